The van der Waals surface area contributed by atoms with Gasteiger partial charge in [-0.25, -0.2) is 0 Å². The molecule has 1 aliphatic heterocycles. The molecule has 1 N–H and O–H groups in total. The summed E-state index contributed by atoms with van der Waals surface area (Å²) in [5.74, 6) is 0.835. The fourth-order valence-corrected chi connectivity index (χ4v) is 3.78. The quantitative estimate of drug-likeness (QED) is 0.501. The van der Waals surface area contributed by atoms with Crippen LogP contribution in [0.15, 0.2) is 24.3 Å². The Morgan fingerprint density at radius 3 is 2.62 bits per heavy atom. The Kier molecular flexibility index (Phi) is 5.17. The number of likely N-dealkylation sites (tertiary alicyclic amines) is 1. The van der Waals surface area contributed by atoms with E-state index in [2.05, 4.69) is 24.0 Å². The number of aromatic nitrogens is 3. The van der Waals surface area contributed by atoms with E-state index in [4.69, 9.17) is 12.2 Å². The van der Waals surface area contributed by atoms with Crippen molar-refractivity contribution in [3.8, 4) is 0 Å². The van der Waals surface area contributed by atoms with Gasteiger partial charge in [0.2, 0.25) is 0 Å². The molecular formula is C17H21N5O3S. The van der Waals surface area contributed by atoms with Crippen molar-refractivity contribution in [2.75, 3.05) is 13.1 Å². The van der Waals surface area contributed by atoms with Gasteiger partial charge in [-0.3, -0.25) is 20.0 Å². The van der Waals surface area contributed by atoms with Crippen LogP contribution in [-0.2, 0) is 0 Å². The van der Waals surface area contributed by atoms with E-state index in [9.17, 15) is 14.9 Å². The van der Waals surface area contributed by atoms with Crippen molar-refractivity contribution in [2.45, 2.75) is 38.6 Å². The second kappa shape index (κ2) is 7.36. The molecule has 2 aromatic rings. The number of hydrogen-bond acceptors (Lipinski definition) is 5. The maximum absolute atomic E-state index is 12.7. The average molecular weight is 375 g/mol. The average Bonchev–Trinajstić information content (AvgIpc) is 3.03. The minimum atomic E-state index is -0.514. The number of amides is 1. The molecule has 1 amide bonds. The van der Waals surface area contributed by atoms with Crippen molar-refractivity contribution in [3.63, 3.8) is 0 Å². The number of H-pyrrole nitrogens is 1. The number of nitro benzene ring substituents is 1. The molecule has 0 unspecified atom stereocenters. The first kappa shape index (κ1) is 18.2. The second-order valence-corrected chi connectivity index (χ2v) is 7.08. The molecule has 26 heavy (non-hydrogen) atoms. The highest BCUT2D eigenvalue weighted by molar-refractivity contribution is 7.71. The van der Waals surface area contributed by atoms with E-state index in [-0.39, 0.29) is 29.1 Å². The van der Waals surface area contributed by atoms with Crippen molar-refractivity contribution in [1.82, 2.24) is 19.7 Å². The van der Waals surface area contributed by atoms with Crippen molar-refractivity contribution in [1.29, 1.82) is 0 Å². The molecule has 0 spiro atoms. The van der Waals surface area contributed by atoms with Crippen LogP contribution in [0.2, 0.25) is 0 Å². The Balaban J connectivity index is 1.74. The Morgan fingerprint density at radius 1 is 1.35 bits per heavy atom. The predicted molar refractivity (Wildman–Crippen MR) is 98.8 cm³/mol. The van der Waals surface area contributed by atoms with E-state index in [0.29, 0.717) is 17.9 Å². The van der Waals surface area contributed by atoms with E-state index >= 15 is 0 Å². The van der Waals surface area contributed by atoms with Crippen molar-refractivity contribution in [3.05, 3.63) is 50.5 Å². The number of aromatic amines is 1. The summed E-state index contributed by atoms with van der Waals surface area (Å²) in [4.78, 5) is 25.1. The number of nitrogens with zero attached hydrogens (tertiary/aromatic N) is 4. The topological polar surface area (TPSA) is 97.1 Å². The van der Waals surface area contributed by atoms with Crippen LogP contribution in [0, 0.1) is 14.9 Å². The Bertz CT molecular complexity index is 881. The van der Waals surface area contributed by atoms with Crippen LogP contribution in [0.4, 0.5) is 5.69 Å². The Morgan fingerprint density at radius 2 is 2.00 bits per heavy atom. The van der Waals surface area contributed by atoms with Crippen LogP contribution in [0.3, 0.4) is 0 Å². The van der Waals surface area contributed by atoms with E-state index in [1.165, 1.54) is 12.1 Å². The monoisotopic (exact) mass is 375 g/mol. The van der Waals surface area contributed by atoms with E-state index in [1.807, 2.05) is 4.57 Å². The standard InChI is InChI=1S/C17H21N5O3S/c1-11(2)21-15(18-19-17(21)26)12-7-9-20(10-8-12)16(23)13-5-3-4-6-14(13)22(24)25/h3-6,11-12H,7-10H2,1-2H3,(H,19,26). The Hall–Kier alpha value is -2.55. The summed E-state index contributed by atoms with van der Waals surface area (Å²) in [5, 5.41) is 18.4. The van der Waals surface area contributed by atoms with Gasteiger partial charge >= 0.3 is 0 Å². The van der Waals surface area contributed by atoms with Crippen LogP contribution >= 0.6 is 12.2 Å². The van der Waals surface area contributed by atoms with Gasteiger partial charge in [0.05, 0.1) is 4.92 Å². The molecule has 1 saturated heterocycles. The third-order valence-corrected chi connectivity index (χ3v) is 5.01. The Labute approximate surface area is 156 Å². The predicted octanol–water partition coefficient (Wildman–Crippen LogP) is 3.45. The fourth-order valence-electron chi connectivity index (χ4n) is 3.43. The van der Waals surface area contributed by atoms with Gasteiger partial charge < -0.3 is 9.47 Å². The first-order valence-electron chi connectivity index (χ1n) is 8.59. The molecule has 8 nitrogen and oxygen atoms in total. The highest BCUT2D eigenvalue weighted by atomic mass is 32.1. The molecular weight excluding hydrogens is 354 g/mol. The van der Waals surface area contributed by atoms with E-state index in [0.717, 1.165) is 18.7 Å². The maximum atomic E-state index is 12.7. The zero-order valence-corrected chi connectivity index (χ0v) is 15.5. The summed E-state index contributed by atoms with van der Waals surface area (Å²) in [6.45, 7) is 5.19. The number of piperidine rings is 1. The third-order valence-electron chi connectivity index (χ3n) is 4.73. The van der Waals surface area contributed by atoms with Gasteiger partial charge in [-0.15, -0.1) is 0 Å². The number of para-hydroxylation sites is 1. The third kappa shape index (κ3) is 3.39. The van der Waals surface area contributed by atoms with Crippen molar-refractivity contribution in [2.24, 2.45) is 0 Å². The van der Waals surface area contributed by atoms with Gasteiger partial charge in [0.15, 0.2) is 4.77 Å². The van der Waals surface area contributed by atoms with Gasteiger partial charge in [-0.1, -0.05) is 12.1 Å². The zero-order valence-electron chi connectivity index (χ0n) is 14.7. The van der Waals surface area contributed by atoms with E-state index in [1.54, 1.807) is 17.0 Å². The number of carbonyl (C=O) groups is 1. The van der Waals surface area contributed by atoms with Gasteiger partial charge in [-0.2, -0.15) is 5.10 Å². The highest BCUT2D eigenvalue weighted by Crippen LogP contribution is 2.30. The number of nitro groups is 1. The molecule has 138 valence electrons. The molecule has 0 bridgehead atoms. The number of rotatable bonds is 4. The molecule has 1 aromatic heterocycles. The zero-order chi connectivity index (χ0) is 18.8. The molecule has 9 heteroatoms. The summed E-state index contributed by atoms with van der Waals surface area (Å²) in [6, 6.07) is 6.29. The summed E-state index contributed by atoms with van der Waals surface area (Å²) >= 11 is 5.30. The lowest BCUT2D eigenvalue weighted by atomic mass is 9.95. The first-order chi connectivity index (χ1) is 12.4. The summed E-state index contributed by atoms with van der Waals surface area (Å²) in [7, 11) is 0. The van der Waals surface area contributed by atoms with Gasteiger partial charge in [0.1, 0.15) is 11.4 Å². The van der Waals surface area contributed by atoms with Gasteiger partial charge in [-0.05, 0) is 45.0 Å². The number of carbonyl (C=O) groups excluding carboxylic acids is 1. The minimum Gasteiger partial charge on any atom is -0.338 e. The van der Waals surface area contributed by atoms with Crippen LogP contribution in [-0.4, -0.2) is 43.6 Å². The molecule has 0 atom stereocenters. The number of benzene rings is 1. The lowest BCUT2D eigenvalue weighted by Crippen LogP contribution is -2.38. The number of hydrogen-bond donors (Lipinski definition) is 1. The summed E-state index contributed by atoms with van der Waals surface area (Å²) in [5.41, 5.74) is -0.0128. The van der Waals surface area contributed by atoms with Crippen LogP contribution in [0.1, 0.15) is 54.8 Å². The van der Waals surface area contributed by atoms with Crippen molar-refractivity contribution < 1.29 is 9.72 Å². The summed E-state index contributed by atoms with van der Waals surface area (Å²) in [6.07, 6.45) is 1.50. The van der Waals surface area contributed by atoms with Crippen LogP contribution in [0.25, 0.3) is 0 Å². The number of nitrogens with one attached hydrogen (secondary N) is 1. The van der Waals surface area contributed by atoms with Gasteiger partial charge in [0, 0.05) is 31.1 Å². The van der Waals surface area contributed by atoms with Crippen LogP contribution in [0.5, 0.6) is 0 Å². The molecule has 0 aliphatic carbocycles. The maximum Gasteiger partial charge on any atom is 0.282 e. The lowest BCUT2D eigenvalue weighted by molar-refractivity contribution is -0.385. The first-order valence-corrected chi connectivity index (χ1v) is 9.00. The summed E-state index contributed by atoms with van der Waals surface area (Å²) < 4.78 is 2.62. The van der Waals surface area contributed by atoms with Crippen molar-refractivity contribution >= 4 is 23.8 Å². The fraction of sp³-hybridized carbons (Fsp3) is 0.471. The lowest BCUT2D eigenvalue weighted by Gasteiger charge is -2.32. The molecule has 1 aliphatic rings. The normalized spacial score (nSPS) is 15.4. The smallest absolute Gasteiger partial charge is 0.282 e. The van der Waals surface area contributed by atoms with Gasteiger partial charge in [0.25, 0.3) is 11.6 Å². The SMILES string of the molecule is CC(C)n1c(C2CCN(C(=O)c3ccccc3[N+](=O)[O-])CC2)n[nH]c1=S. The highest BCUT2D eigenvalue weighted by Gasteiger charge is 2.30. The largest absolute Gasteiger partial charge is 0.338 e. The molecule has 0 radical (unpaired) electrons. The molecule has 3 rings (SSSR count). The van der Waals surface area contributed by atoms with Crippen LogP contribution < -0.4 is 0 Å². The minimum absolute atomic E-state index is 0.140. The molecule has 1 aromatic carbocycles. The molecule has 0 saturated carbocycles. The molecule has 2 heterocycles. The second-order valence-electron chi connectivity index (χ2n) is 6.69. The van der Waals surface area contributed by atoms with E-state index < -0.39 is 4.92 Å². The molecule has 1 fully saturated rings.